The fourth-order valence-corrected chi connectivity index (χ4v) is 5.20. The number of nitrogens with zero attached hydrogens (tertiary/aromatic N) is 1. The van der Waals surface area contributed by atoms with Gasteiger partial charge in [0.2, 0.25) is 0 Å². The molecule has 3 nitrogen and oxygen atoms in total. The Hall–Kier alpha value is -1.06. The Morgan fingerprint density at radius 2 is 2.17 bits per heavy atom. The van der Waals surface area contributed by atoms with Gasteiger partial charge >= 0.3 is 0 Å². The van der Waals surface area contributed by atoms with Crippen LogP contribution in [0.15, 0.2) is 18.2 Å². The van der Waals surface area contributed by atoms with Gasteiger partial charge in [-0.1, -0.05) is 13.0 Å². The van der Waals surface area contributed by atoms with Crippen LogP contribution in [-0.4, -0.2) is 42.9 Å². The van der Waals surface area contributed by atoms with Crippen molar-refractivity contribution in [2.75, 3.05) is 26.8 Å². The van der Waals surface area contributed by atoms with E-state index in [1.807, 2.05) is 0 Å². The minimum Gasteiger partial charge on any atom is -0.497 e. The first-order chi connectivity index (χ1) is 11.2. The second kappa shape index (κ2) is 5.78. The van der Waals surface area contributed by atoms with Gasteiger partial charge < -0.3 is 9.84 Å². The lowest BCUT2D eigenvalue weighted by Crippen LogP contribution is -2.59. The number of ether oxygens (including phenoxy) is 1. The maximum Gasteiger partial charge on any atom is 0.119 e. The molecule has 23 heavy (non-hydrogen) atoms. The molecular weight excluding hydrogens is 286 g/mol. The molecule has 3 atom stereocenters. The molecule has 1 heterocycles. The van der Waals surface area contributed by atoms with Crippen LogP contribution in [0, 0.1) is 11.8 Å². The molecule has 0 aromatic heterocycles. The number of likely N-dealkylation sites (tertiary alicyclic amines) is 1. The molecular formula is C20H29NO2. The van der Waals surface area contributed by atoms with Crippen molar-refractivity contribution in [3.05, 3.63) is 29.3 Å². The van der Waals surface area contributed by atoms with Crippen LogP contribution in [0.5, 0.6) is 5.75 Å². The van der Waals surface area contributed by atoms with Crippen molar-refractivity contribution >= 4 is 0 Å². The van der Waals surface area contributed by atoms with E-state index in [4.69, 9.17) is 4.74 Å². The van der Waals surface area contributed by atoms with E-state index in [1.165, 1.54) is 37.1 Å². The third-order valence-corrected chi connectivity index (χ3v) is 6.79. The average molecular weight is 315 g/mol. The van der Waals surface area contributed by atoms with Gasteiger partial charge in [0.25, 0.3) is 0 Å². The number of hydrogen-bond donors (Lipinski definition) is 1. The van der Waals surface area contributed by atoms with Gasteiger partial charge in [-0.25, -0.2) is 0 Å². The minimum atomic E-state index is 0.127. The second-order valence-electron chi connectivity index (χ2n) is 7.90. The monoisotopic (exact) mass is 315 g/mol. The zero-order chi connectivity index (χ0) is 16.0. The molecule has 1 saturated carbocycles. The number of benzene rings is 1. The van der Waals surface area contributed by atoms with Crippen LogP contribution in [0.25, 0.3) is 0 Å². The summed E-state index contributed by atoms with van der Waals surface area (Å²) >= 11 is 0. The highest BCUT2D eigenvalue weighted by Crippen LogP contribution is 2.52. The number of aliphatic hydroxyl groups excluding tert-OH is 1. The van der Waals surface area contributed by atoms with Crippen LogP contribution in [0.1, 0.15) is 43.7 Å². The first kappa shape index (κ1) is 15.5. The van der Waals surface area contributed by atoms with E-state index < -0.39 is 0 Å². The Morgan fingerprint density at radius 1 is 1.35 bits per heavy atom. The fourth-order valence-electron chi connectivity index (χ4n) is 5.20. The molecule has 3 heteroatoms. The maximum atomic E-state index is 9.77. The molecule has 4 rings (SSSR count). The van der Waals surface area contributed by atoms with Gasteiger partial charge in [0.15, 0.2) is 0 Å². The van der Waals surface area contributed by atoms with Crippen LogP contribution < -0.4 is 4.74 Å². The predicted molar refractivity (Wildman–Crippen MR) is 91.9 cm³/mol. The highest BCUT2D eigenvalue weighted by molar-refractivity contribution is 5.45. The van der Waals surface area contributed by atoms with E-state index in [1.54, 1.807) is 7.11 Å². The van der Waals surface area contributed by atoms with Crippen molar-refractivity contribution in [3.63, 3.8) is 0 Å². The van der Waals surface area contributed by atoms with Gasteiger partial charge in [-0.3, -0.25) is 4.90 Å². The summed E-state index contributed by atoms with van der Waals surface area (Å²) in [5.41, 5.74) is 3.05. The summed E-state index contributed by atoms with van der Waals surface area (Å²) < 4.78 is 5.49. The van der Waals surface area contributed by atoms with Crippen LogP contribution in [0.2, 0.25) is 0 Å². The summed E-state index contributed by atoms with van der Waals surface area (Å²) in [7, 11) is 1.74. The molecule has 2 bridgehead atoms. The highest BCUT2D eigenvalue weighted by Gasteiger charge is 2.51. The summed E-state index contributed by atoms with van der Waals surface area (Å²) in [5, 5.41) is 9.77. The Labute approximate surface area is 139 Å². The smallest absolute Gasteiger partial charge is 0.119 e. The second-order valence-corrected chi connectivity index (χ2v) is 7.90. The highest BCUT2D eigenvalue weighted by atomic mass is 16.5. The van der Waals surface area contributed by atoms with Crippen LogP contribution in [0.3, 0.4) is 0 Å². The molecule has 2 fully saturated rings. The summed E-state index contributed by atoms with van der Waals surface area (Å²) in [6, 6.07) is 7.24. The quantitative estimate of drug-likeness (QED) is 0.907. The van der Waals surface area contributed by atoms with Crippen LogP contribution in [-0.2, 0) is 11.8 Å². The molecule has 1 unspecified atom stereocenters. The Kier molecular flexibility index (Phi) is 3.89. The van der Waals surface area contributed by atoms with Crippen molar-refractivity contribution in [3.8, 4) is 5.75 Å². The van der Waals surface area contributed by atoms with E-state index in [-0.39, 0.29) is 12.0 Å². The lowest BCUT2D eigenvalue weighted by Gasteiger charge is -2.56. The van der Waals surface area contributed by atoms with Crippen molar-refractivity contribution in [2.45, 2.75) is 50.5 Å². The van der Waals surface area contributed by atoms with E-state index in [0.29, 0.717) is 12.0 Å². The SMILES string of the molecule is COc1ccc2c(c1)C1(CCO)CCN(CC3CC3)[C@H](C2)[C@@H]1C. The molecule has 1 N–H and O–H groups in total. The molecule has 1 aliphatic heterocycles. The molecule has 1 aromatic rings. The van der Waals surface area contributed by atoms with E-state index in [2.05, 4.69) is 30.0 Å². The molecule has 1 saturated heterocycles. The Morgan fingerprint density at radius 3 is 2.87 bits per heavy atom. The maximum absolute atomic E-state index is 9.77. The molecule has 126 valence electrons. The van der Waals surface area contributed by atoms with Crippen molar-refractivity contribution < 1.29 is 9.84 Å². The summed E-state index contributed by atoms with van der Waals surface area (Å²) in [5.74, 6) is 2.50. The first-order valence-electron chi connectivity index (χ1n) is 9.20. The third-order valence-electron chi connectivity index (χ3n) is 6.79. The van der Waals surface area contributed by atoms with E-state index in [9.17, 15) is 5.11 Å². The zero-order valence-electron chi connectivity index (χ0n) is 14.4. The van der Waals surface area contributed by atoms with Crippen LogP contribution in [0.4, 0.5) is 0 Å². The number of aliphatic hydroxyl groups is 1. The normalized spacial score (nSPS) is 33.3. The standard InChI is InChI=1S/C20H29NO2/c1-14-19-11-16-5-6-17(23-2)12-18(16)20(14,8-10-22)7-9-21(19)13-15-3-4-15/h5-6,12,14-15,19,22H,3-4,7-11,13H2,1-2H3/t14-,19+,20?/m0/s1. The van der Waals surface area contributed by atoms with Gasteiger partial charge in [0, 0.05) is 24.6 Å². The molecule has 0 amide bonds. The molecule has 3 aliphatic rings. The lowest BCUT2D eigenvalue weighted by atomic mass is 9.56. The zero-order valence-corrected chi connectivity index (χ0v) is 14.4. The first-order valence-corrected chi connectivity index (χ1v) is 9.20. The number of piperidine rings is 1. The molecule has 2 aliphatic carbocycles. The van der Waals surface area contributed by atoms with Gasteiger partial charge in [0.05, 0.1) is 7.11 Å². The van der Waals surface area contributed by atoms with Crippen LogP contribution >= 0.6 is 0 Å². The topological polar surface area (TPSA) is 32.7 Å². The minimum absolute atomic E-state index is 0.127. The van der Waals surface area contributed by atoms with Gasteiger partial charge in [-0.15, -0.1) is 0 Å². The van der Waals surface area contributed by atoms with Crippen molar-refractivity contribution in [2.24, 2.45) is 11.8 Å². The lowest BCUT2D eigenvalue weighted by molar-refractivity contribution is 0.00834. The molecule has 0 spiro atoms. The van der Waals surface area contributed by atoms with Gasteiger partial charge in [-0.2, -0.15) is 0 Å². The fraction of sp³-hybridized carbons (Fsp3) is 0.700. The molecule has 0 radical (unpaired) electrons. The number of methoxy groups -OCH3 is 1. The van der Waals surface area contributed by atoms with Crippen molar-refractivity contribution in [1.82, 2.24) is 4.90 Å². The average Bonchev–Trinajstić information content (AvgIpc) is 3.37. The van der Waals surface area contributed by atoms with E-state index in [0.717, 1.165) is 30.9 Å². The summed E-state index contributed by atoms with van der Waals surface area (Å²) in [6.45, 7) is 5.16. The van der Waals surface area contributed by atoms with Crippen molar-refractivity contribution in [1.29, 1.82) is 0 Å². The van der Waals surface area contributed by atoms with Gasteiger partial charge in [-0.05, 0) is 73.7 Å². The van der Waals surface area contributed by atoms with E-state index >= 15 is 0 Å². The largest absolute Gasteiger partial charge is 0.497 e. The summed E-state index contributed by atoms with van der Waals surface area (Å²) in [6.07, 6.45) is 6.04. The number of fused-ring (bicyclic) bond motifs is 4. The third kappa shape index (κ3) is 2.49. The Balaban J connectivity index is 1.73. The number of rotatable bonds is 5. The Bertz CT molecular complexity index is 583. The number of hydrogen-bond acceptors (Lipinski definition) is 3. The van der Waals surface area contributed by atoms with Gasteiger partial charge in [0.1, 0.15) is 5.75 Å². The molecule has 1 aromatic carbocycles. The summed E-state index contributed by atoms with van der Waals surface area (Å²) in [4.78, 5) is 2.76. The predicted octanol–water partition coefficient (Wildman–Crippen LogP) is 2.99.